The number of alkyl halides is 3. The highest BCUT2D eigenvalue weighted by molar-refractivity contribution is 5.17. The molecule has 104 valence electrons. The molecule has 0 fully saturated rings. The third-order valence-corrected chi connectivity index (χ3v) is 2.64. The van der Waals surface area contributed by atoms with Gasteiger partial charge in [0.15, 0.2) is 5.69 Å². The first-order chi connectivity index (χ1) is 9.00. The molecule has 2 rings (SSSR count). The molecule has 0 aliphatic heterocycles. The number of furan rings is 1. The highest BCUT2D eigenvalue weighted by atomic mass is 19.4. The molecule has 0 aliphatic rings. The molecule has 0 spiro atoms. The van der Waals surface area contributed by atoms with E-state index in [-0.39, 0.29) is 6.54 Å². The maximum Gasteiger partial charge on any atom is 0.435 e. The Hall–Kier alpha value is -1.76. The molecule has 7 heteroatoms. The van der Waals surface area contributed by atoms with Crippen LogP contribution in [-0.4, -0.2) is 16.3 Å². The molecule has 0 aliphatic carbocycles. The summed E-state index contributed by atoms with van der Waals surface area (Å²) in [5.74, 6) is 0.609. The monoisotopic (exact) mass is 273 g/mol. The van der Waals surface area contributed by atoms with Gasteiger partial charge in [-0.3, -0.25) is 4.68 Å². The Kier molecular flexibility index (Phi) is 3.94. The fourth-order valence-corrected chi connectivity index (χ4v) is 1.67. The van der Waals surface area contributed by atoms with E-state index in [1.807, 2.05) is 6.92 Å². The molecule has 0 bridgehead atoms. The van der Waals surface area contributed by atoms with Crippen LogP contribution in [0.5, 0.6) is 0 Å². The first kappa shape index (κ1) is 13.7. The van der Waals surface area contributed by atoms with Gasteiger partial charge in [-0.15, -0.1) is 0 Å². The van der Waals surface area contributed by atoms with E-state index < -0.39 is 11.9 Å². The van der Waals surface area contributed by atoms with Crippen molar-refractivity contribution in [1.82, 2.24) is 15.1 Å². The molecular weight excluding hydrogens is 259 g/mol. The lowest BCUT2D eigenvalue weighted by atomic mass is 10.2. The van der Waals surface area contributed by atoms with E-state index in [9.17, 15) is 13.2 Å². The number of halogens is 3. The maximum absolute atomic E-state index is 12.4. The summed E-state index contributed by atoms with van der Waals surface area (Å²) < 4.78 is 43.7. The molecule has 0 amide bonds. The van der Waals surface area contributed by atoms with Crippen LogP contribution in [0.2, 0.25) is 0 Å². The molecule has 0 aromatic carbocycles. The average molecular weight is 273 g/mol. The van der Waals surface area contributed by atoms with Crippen LogP contribution >= 0.6 is 0 Å². The third-order valence-electron chi connectivity index (χ3n) is 2.64. The molecule has 0 saturated heterocycles. The zero-order valence-corrected chi connectivity index (χ0v) is 10.4. The fourth-order valence-electron chi connectivity index (χ4n) is 1.67. The number of hydrogen-bond acceptors (Lipinski definition) is 3. The summed E-state index contributed by atoms with van der Waals surface area (Å²) in [6.07, 6.45) is -1.60. The minimum atomic E-state index is -4.42. The van der Waals surface area contributed by atoms with Crippen molar-refractivity contribution < 1.29 is 17.6 Å². The molecule has 0 saturated carbocycles. The van der Waals surface area contributed by atoms with Gasteiger partial charge in [0.25, 0.3) is 0 Å². The number of nitrogens with zero attached hydrogens (tertiary/aromatic N) is 2. The van der Waals surface area contributed by atoms with Gasteiger partial charge in [0, 0.05) is 18.3 Å². The Balaban J connectivity index is 2.09. The highest BCUT2D eigenvalue weighted by Gasteiger charge is 2.33. The molecule has 1 N–H and O–H groups in total. The molecule has 2 aromatic heterocycles. The van der Waals surface area contributed by atoms with Gasteiger partial charge in [-0.2, -0.15) is 18.3 Å². The number of hydrogen-bond donors (Lipinski definition) is 1. The standard InChI is InChI=1S/C12H14F3N3O/c1-2-16-7-9-4-6-19-10(9)8-18-5-3-11(17-18)12(13,14)15/h3-6,16H,2,7-8H2,1H3. The van der Waals surface area contributed by atoms with Crippen LogP contribution in [-0.2, 0) is 19.3 Å². The van der Waals surface area contributed by atoms with E-state index in [4.69, 9.17) is 4.42 Å². The largest absolute Gasteiger partial charge is 0.467 e. The summed E-state index contributed by atoms with van der Waals surface area (Å²) in [4.78, 5) is 0. The lowest BCUT2D eigenvalue weighted by molar-refractivity contribution is -0.141. The van der Waals surface area contributed by atoms with Crippen molar-refractivity contribution in [3.05, 3.63) is 41.6 Å². The van der Waals surface area contributed by atoms with E-state index in [1.54, 1.807) is 6.07 Å². The maximum atomic E-state index is 12.4. The normalized spacial score (nSPS) is 12.0. The molecule has 0 atom stereocenters. The Bertz CT molecular complexity index is 530. The van der Waals surface area contributed by atoms with E-state index >= 15 is 0 Å². The molecule has 4 nitrogen and oxygen atoms in total. The van der Waals surface area contributed by atoms with Crippen molar-refractivity contribution in [1.29, 1.82) is 0 Å². The Morgan fingerprint density at radius 2 is 2.16 bits per heavy atom. The predicted molar refractivity (Wildman–Crippen MR) is 62.4 cm³/mol. The third kappa shape index (κ3) is 3.37. The van der Waals surface area contributed by atoms with Crippen LogP contribution in [0.25, 0.3) is 0 Å². The van der Waals surface area contributed by atoms with Gasteiger partial charge in [-0.25, -0.2) is 0 Å². The number of aromatic nitrogens is 2. The van der Waals surface area contributed by atoms with Crippen molar-refractivity contribution in [3.8, 4) is 0 Å². The highest BCUT2D eigenvalue weighted by Crippen LogP contribution is 2.27. The van der Waals surface area contributed by atoms with E-state index in [2.05, 4.69) is 10.4 Å². The van der Waals surface area contributed by atoms with Gasteiger partial charge in [0.05, 0.1) is 12.8 Å². The van der Waals surface area contributed by atoms with Crippen LogP contribution in [0.3, 0.4) is 0 Å². The first-order valence-electron chi connectivity index (χ1n) is 5.87. The van der Waals surface area contributed by atoms with Gasteiger partial charge >= 0.3 is 6.18 Å². The zero-order chi connectivity index (χ0) is 13.9. The Morgan fingerprint density at radius 3 is 2.79 bits per heavy atom. The molecule has 0 radical (unpaired) electrons. The second-order valence-corrected chi connectivity index (χ2v) is 4.05. The smallest absolute Gasteiger partial charge is 0.435 e. The summed E-state index contributed by atoms with van der Waals surface area (Å²) in [7, 11) is 0. The summed E-state index contributed by atoms with van der Waals surface area (Å²) in [5, 5.41) is 6.63. The zero-order valence-electron chi connectivity index (χ0n) is 10.4. The topological polar surface area (TPSA) is 43.0 Å². The van der Waals surface area contributed by atoms with Crippen LogP contribution in [0.4, 0.5) is 13.2 Å². The van der Waals surface area contributed by atoms with Gasteiger partial charge in [-0.1, -0.05) is 6.92 Å². The molecular formula is C12H14F3N3O. The van der Waals surface area contributed by atoms with Gasteiger partial charge < -0.3 is 9.73 Å². The number of rotatable bonds is 5. The molecule has 19 heavy (non-hydrogen) atoms. The van der Waals surface area contributed by atoms with Crippen molar-refractivity contribution >= 4 is 0 Å². The van der Waals surface area contributed by atoms with Crippen molar-refractivity contribution in [2.45, 2.75) is 26.2 Å². The predicted octanol–water partition coefficient (Wildman–Crippen LogP) is 2.65. The van der Waals surface area contributed by atoms with E-state index in [0.29, 0.717) is 12.3 Å². The fraction of sp³-hybridized carbons (Fsp3) is 0.417. The molecule has 0 unspecified atom stereocenters. The quantitative estimate of drug-likeness (QED) is 0.910. The summed E-state index contributed by atoms with van der Waals surface area (Å²) >= 11 is 0. The van der Waals surface area contributed by atoms with Crippen molar-refractivity contribution in [3.63, 3.8) is 0 Å². The van der Waals surface area contributed by atoms with Gasteiger partial charge in [0.2, 0.25) is 0 Å². The summed E-state index contributed by atoms with van der Waals surface area (Å²) in [6.45, 7) is 3.59. The van der Waals surface area contributed by atoms with Crippen molar-refractivity contribution in [2.75, 3.05) is 6.54 Å². The Morgan fingerprint density at radius 1 is 1.37 bits per heavy atom. The minimum Gasteiger partial charge on any atom is -0.467 e. The SMILES string of the molecule is CCNCc1ccoc1Cn1ccc(C(F)(F)F)n1. The summed E-state index contributed by atoms with van der Waals surface area (Å²) in [5.41, 5.74) is 0.0261. The van der Waals surface area contributed by atoms with E-state index in [1.165, 1.54) is 17.1 Å². The lowest BCUT2D eigenvalue weighted by Gasteiger charge is -2.04. The van der Waals surface area contributed by atoms with Crippen molar-refractivity contribution in [2.24, 2.45) is 0 Å². The first-order valence-corrected chi connectivity index (χ1v) is 5.87. The number of nitrogens with one attached hydrogen (secondary N) is 1. The van der Waals surface area contributed by atoms with E-state index in [0.717, 1.165) is 18.2 Å². The van der Waals surface area contributed by atoms with Gasteiger partial charge in [-0.05, 0) is 18.7 Å². The minimum absolute atomic E-state index is 0.184. The van der Waals surface area contributed by atoms with Crippen LogP contribution in [0.1, 0.15) is 23.9 Å². The summed E-state index contributed by atoms with van der Waals surface area (Å²) in [6, 6.07) is 2.75. The average Bonchev–Trinajstić information content (AvgIpc) is 2.95. The molecule has 2 aromatic rings. The van der Waals surface area contributed by atoms with Gasteiger partial charge in [0.1, 0.15) is 5.76 Å². The second kappa shape index (κ2) is 5.48. The molecule has 2 heterocycles. The second-order valence-electron chi connectivity index (χ2n) is 4.05. The van der Waals surface area contributed by atoms with Crippen LogP contribution < -0.4 is 5.32 Å². The lowest BCUT2D eigenvalue weighted by Crippen LogP contribution is -2.13. The van der Waals surface area contributed by atoms with Crippen LogP contribution in [0, 0.1) is 0 Å². The Labute approximate surface area is 108 Å². The van der Waals surface area contributed by atoms with Crippen LogP contribution in [0.15, 0.2) is 29.0 Å².